The van der Waals surface area contributed by atoms with Crippen LogP contribution in [0, 0.1) is 11.8 Å². The van der Waals surface area contributed by atoms with Crippen LogP contribution in [0.5, 0.6) is 0 Å². The van der Waals surface area contributed by atoms with Crippen LogP contribution in [-0.4, -0.2) is 42.0 Å². The van der Waals surface area contributed by atoms with Crippen LogP contribution in [0.4, 0.5) is 0 Å². The summed E-state index contributed by atoms with van der Waals surface area (Å²) in [5.41, 5.74) is 0. The van der Waals surface area contributed by atoms with E-state index in [1.165, 1.54) is 6.92 Å². The van der Waals surface area contributed by atoms with Crippen molar-refractivity contribution in [1.82, 2.24) is 5.32 Å². The molecule has 1 saturated heterocycles. The van der Waals surface area contributed by atoms with E-state index in [0.717, 1.165) is 44.9 Å². The first kappa shape index (κ1) is 31.6. The molecule has 0 aromatic carbocycles. The highest BCUT2D eigenvalue weighted by atomic mass is 16.6. The van der Waals surface area contributed by atoms with Gasteiger partial charge < -0.3 is 19.9 Å². The standard InChI is InChI=1S/C30H47NO5/c1-5-6-7-8-9-10-11-12-13-14-15-16-17-18-19-20-21-22-28(33)31-29-25(3)24(2)27(36-30(29)34)23-35-26(4)32/h6-7,9-10,12-13,15-16,18-19,24-25,27,29-30,34H,5,8,11,14,17,20-23H2,1-4H3,(H,31,33)/b7-6-,10-9-,13-12-,16-15-,19-18-/t24-,25-,27?,29?,30+/m0/s1. The van der Waals surface area contributed by atoms with Gasteiger partial charge in [-0.2, -0.15) is 0 Å². The third kappa shape index (κ3) is 14.2. The Morgan fingerprint density at radius 3 is 1.92 bits per heavy atom. The number of hydrogen-bond acceptors (Lipinski definition) is 5. The summed E-state index contributed by atoms with van der Waals surface area (Å²) in [6.45, 7) is 7.54. The smallest absolute Gasteiger partial charge is 0.302 e. The Morgan fingerprint density at radius 2 is 1.39 bits per heavy atom. The highest BCUT2D eigenvalue weighted by Gasteiger charge is 2.41. The minimum atomic E-state index is -1.12. The van der Waals surface area contributed by atoms with Crippen molar-refractivity contribution >= 4 is 11.9 Å². The van der Waals surface area contributed by atoms with Crippen molar-refractivity contribution in [3.8, 4) is 0 Å². The molecule has 1 amide bonds. The minimum Gasteiger partial charge on any atom is -0.463 e. The van der Waals surface area contributed by atoms with Gasteiger partial charge in [-0.05, 0) is 56.8 Å². The highest BCUT2D eigenvalue weighted by Crippen LogP contribution is 2.30. The van der Waals surface area contributed by atoms with Crippen LogP contribution < -0.4 is 5.32 Å². The molecule has 2 N–H and O–H groups in total. The molecule has 202 valence electrons. The molecule has 36 heavy (non-hydrogen) atoms. The normalized spacial score (nSPS) is 25.1. The van der Waals surface area contributed by atoms with Gasteiger partial charge in [-0.1, -0.05) is 81.5 Å². The number of nitrogens with one attached hydrogen (secondary N) is 1. The molecule has 1 heterocycles. The quantitative estimate of drug-likeness (QED) is 0.155. The molecule has 1 fully saturated rings. The fraction of sp³-hybridized carbons (Fsp3) is 0.600. The lowest BCUT2D eigenvalue weighted by Gasteiger charge is -2.42. The number of ether oxygens (including phenoxy) is 2. The second kappa shape index (κ2) is 19.7. The Balaban J connectivity index is 2.16. The molecule has 0 bridgehead atoms. The van der Waals surface area contributed by atoms with E-state index in [2.05, 4.69) is 73.0 Å². The second-order valence-corrected chi connectivity index (χ2v) is 9.28. The summed E-state index contributed by atoms with van der Waals surface area (Å²) in [6.07, 6.45) is 27.1. The van der Waals surface area contributed by atoms with Crippen molar-refractivity contribution in [3.63, 3.8) is 0 Å². The Hall–Kier alpha value is -2.44. The van der Waals surface area contributed by atoms with Crippen LogP contribution in [0.3, 0.4) is 0 Å². The van der Waals surface area contributed by atoms with Crippen LogP contribution >= 0.6 is 0 Å². The van der Waals surface area contributed by atoms with E-state index >= 15 is 0 Å². The Labute approximate surface area is 218 Å². The van der Waals surface area contributed by atoms with Crippen LogP contribution in [0.2, 0.25) is 0 Å². The molecule has 6 nitrogen and oxygen atoms in total. The van der Waals surface area contributed by atoms with Crippen LogP contribution in [-0.2, 0) is 19.1 Å². The molecule has 0 aromatic heterocycles. The maximum absolute atomic E-state index is 12.4. The van der Waals surface area contributed by atoms with E-state index in [4.69, 9.17) is 9.47 Å². The number of hydrogen-bond donors (Lipinski definition) is 2. The molecule has 6 heteroatoms. The number of aliphatic hydroxyl groups is 1. The van der Waals surface area contributed by atoms with Crippen molar-refractivity contribution in [2.24, 2.45) is 11.8 Å². The molecule has 1 aliphatic rings. The first-order valence-electron chi connectivity index (χ1n) is 13.4. The van der Waals surface area contributed by atoms with E-state index in [9.17, 15) is 14.7 Å². The van der Waals surface area contributed by atoms with Gasteiger partial charge in [0.25, 0.3) is 0 Å². The van der Waals surface area contributed by atoms with Crippen LogP contribution in [0.15, 0.2) is 60.8 Å². The monoisotopic (exact) mass is 501 g/mol. The van der Waals surface area contributed by atoms with Gasteiger partial charge in [0.05, 0.1) is 12.1 Å². The first-order chi connectivity index (χ1) is 17.4. The van der Waals surface area contributed by atoms with Gasteiger partial charge in [-0.25, -0.2) is 0 Å². The number of aliphatic hydroxyl groups excluding tert-OH is 1. The molecule has 0 radical (unpaired) electrons. The topological polar surface area (TPSA) is 84.9 Å². The number of allylic oxidation sites excluding steroid dienone is 10. The van der Waals surface area contributed by atoms with Gasteiger partial charge in [0.1, 0.15) is 6.61 Å². The van der Waals surface area contributed by atoms with E-state index in [1.807, 2.05) is 13.8 Å². The number of esters is 1. The summed E-state index contributed by atoms with van der Waals surface area (Å²) in [5, 5.41) is 13.3. The van der Waals surface area contributed by atoms with Gasteiger partial charge in [-0.15, -0.1) is 0 Å². The van der Waals surface area contributed by atoms with Crippen molar-refractivity contribution in [2.45, 2.75) is 97.5 Å². The molecule has 2 unspecified atom stereocenters. The number of rotatable bonds is 16. The van der Waals surface area contributed by atoms with Crippen molar-refractivity contribution in [3.05, 3.63) is 60.8 Å². The average molecular weight is 502 g/mol. The summed E-state index contributed by atoms with van der Waals surface area (Å²) in [7, 11) is 0. The highest BCUT2D eigenvalue weighted by molar-refractivity contribution is 5.76. The zero-order valence-electron chi connectivity index (χ0n) is 22.6. The van der Waals surface area contributed by atoms with Crippen molar-refractivity contribution < 1.29 is 24.2 Å². The lowest BCUT2D eigenvalue weighted by atomic mass is 9.82. The second-order valence-electron chi connectivity index (χ2n) is 9.28. The third-order valence-electron chi connectivity index (χ3n) is 6.31. The lowest BCUT2D eigenvalue weighted by molar-refractivity contribution is -0.223. The van der Waals surface area contributed by atoms with E-state index < -0.39 is 12.3 Å². The van der Waals surface area contributed by atoms with Crippen molar-refractivity contribution in [1.29, 1.82) is 0 Å². The summed E-state index contributed by atoms with van der Waals surface area (Å²) in [4.78, 5) is 23.4. The lowest BCUT2D eigenvalue weighted by Crippen LogP contribution is -2.57. The van der Waals surface area contributed by atoms with Gasteiger partial charge in [0.2, 0.25) is 5.91 Å². The van der Waals surface area contributed by atoms with Crippen LogP contribution in [0.25, 0.3) is 0 Å². The van der Waals surface area contributed by atoms with E-state index in [1.54, 1.807) is 0 Å². The zero-order valence-corrected chi connectivity index (χ0v) is 22.6. The third-order valence-corrected chi connectivity index (χ3v) is 6.31. The molecule has 1 aliphatic heterocycles. The van der Waals surface area contributed by atoms with Crippen molar-refractivity contribution in [2.75, 3.05) is 6.61 Å². The van der Waals surface area contributed by atoms with E-state index in [0.29, 0.717) is 6.42 Å². The number of unbranched alkanes of at least 4 members (excludes halogenated alkanes) is 1. The SMILES string of the molecule is CC/C=C\C/C=C\C/C=C\C/C=C\C/C=C\CCCC(=O)NC1[C@H](O)OC(COC(C)=O)[C@@H](C)[C@@H]1C. The summed E-state index contributed by atoms with van der Waals surface area (Å²) in [6, 6.07) is -0.477. The van der Waals surface area contributed by atoms with Crippen LogP contribution in [0.1, 0.15) is 79.1 Å². The maximum atomic E-state index is 12.4. The predicted molar refractivity (Wildman–Crippen MR) is 146 cm³/mol. The molecule has 0 spiro atoms. The first-order valence-corrected chi connectivity index (χ1v) is 13.4. The van der Waals surface area contributed by atoms with E-state index in [-0.39, 0.29) is 36.4 Å². The number of amides is 1. The molecule has 0 aromatic rings. The summed E-state index contributed by atoms with van der Waals surface area (Å²) in [5.74, 6) is -0.452. The number of carbonyl (C=O) groups excluding carboxylic acids is 2. The van der Waals surface area contributed by atoms with Gasteiger partial charge >= 0.3 is 5.97 Å². The molecule has 5 atom stereocenters. The molecular weight excluding hydrogens is 454 g/mol. The predicted octanol–water partition coefficient (Wildman–Crippen LogP) is 5.95. The fourth-order valence-electron chi connectivity index (χ4n) is 3.91. The molecular formula is C30H47NO5. The average Bonchev–Trinajstić information content (AvgIpc) is 2.85. The molecule has 1 rings (SSSR count). The molecule has 0 aliphatic carbocycles. The van der Waals surface area contributed by atoms with Gasteiger partial charge in [-0.3, -0.25) is 9.59 Å². The van der Waals surface area contributed by atoms with Gasteiger partial charge in [0.15, 0.2) is 6.29 Å². The Bertz CT molecular complexity index is 767. The minimum absolute atomic E-state index is 0.00998. The zero-order chi connectivity index (χ0) is 26.6. The van der Waals surface area contributed by atoms with Gasteiger partial charge in [0, 0.05) is 13.3 Å². The number of carbonyl (C=O) groups is 2. The maximum Gasteiger partial charge on any atom is 0.302 e. The summed E-state index contributed by atoms with van der Waals surface area (Å²) >= 11 is 0. The fourth-order valence-corrected chi connectivity index (χ4v) is 3.91. The Morgan fingerprint density at radius 1 is 0.861 bits per heavy atom. The largest absolute Gasteiger partial charge is 0.463 e. The molecule has 0 saturated carbocycles. The Kier molecular flexibility index (Phi) is 17.3. The summed E-state index contributed by atoms with van der Waals surface area (Å²) < 4.78 is 10.6.